The first-order valence-electron chi connectivity index (χ1n) is 5.96. The minimum absolute atomic E-state index is 0.441. The van der Waals surface area contributed by atoms with Crippen molar-refractivity contribution in [2.45, 2.75) is 23.8 Å². The van der Waals surface area contributed by atoms with Gasteiger partial charge in [-0.25, -0.2) is 0 Å². The molecule has 0 N–H and O–H groups in total. The topological polar surface area (TPSA) is 48.2 Å². The van der Waals surface area contributed by atoms with Gasteiger partial charge in [-0.05, 0) is 25.5 Å². The molecule has 5 heteroatoms. The maximum Gasteiger partial charge on any atom is 0.277 e. The zero-order valence-corrected chi connectivity index (χ0v) is 10.9. The summed E-state index contributed by atoms with van der Waals surface area (Å²) in [5, 5.41) is 9.22. The van der Waals surface area contributed by atoms with E-state index in [4.69, 9.17) is 9.15 Å². The molecule has 94 valence electrons. The van der Waals surface area contributed by atoms with E-state index in [1.807, 2.05) is 24.3 Å². The maximum absolute atomic E-state index is 5.66. The van der Waals surface area contributed by atoms with Crippen LogP contribution in [0, 0.1) is 6.92 Å². The van der Waals surface area contributed by atoms with Crippen molar-refractivity contribution in [1.82, 2.24) is 10.2 Å². The molecule has 1 unspecified atom stereocenters. The van der Waals surface area contributed by atoms with E-state index in [1.165, 1.54) is 5.56 Å². The van der Waals surface area contributed by atoms with Crippen molar-refractivity contribution < 1.29 is 9.15 Å². The zero-order valence-electron chi connectivity index (χ0n) is 10.1. The van der Waals surface area contributed by atoms with Gasteiger partial charge in [0.25, 0.3) is 5.22 Å². The average molecular weight is 262 g/mol. The SMILES string of the molecule is Cc1ccc(-c2nnc(SC3CCOC3)o2)cc1. The van der Waals surface area contributed by atoms with Crippen LogP contribution in [-0.2, 0) is 4.74 Å². The summed E-state index contributed by atoms with van der Waals surface area (Å²) in [7, 11) is 0. The van der Waals surface area contributed by atoms with Crippen LogP contribution >= 0.6 is 11.8 Å². The fourth-order valence-corrected chi connectivity index (χ4v) is 2.70. The average Bonchev–Trinajstić information content (AvgIpc) is 3.02. The molecule has 0 spiro atoms. The Hall–Kier alpha value is -1.33. The van der Waals surface area contributed by atoms with Gasteiger partial charge in [-0.1, -0.05) is 29.5 Å². The van der Waals surface area contributed by atoms with Gasteiger partial charge in [0.1, 0.15) is 0 Å². The second-order valence-corrected chi connectivity index (χ2v) is 5.59. The molecular weight excluding hydrogens is 248 g/mol. The first-order chi connectivity index (χ1) is 8.81. The first-order valence-corrected chi connectivity index (χ1v) is 6.84. The molecule has 3 rings (SSSR count). The van der Waals surface area contributed by atoms with Gasteiger partial charge in [0.15, 0.2) is 0 Å². The van der Waals surface area contributed by atoms with Crippen molar-refractivity contribution in [3.63, 3.8) is 0 Å². The Kier molecular flexibility index (Phi) is 3.34. The van der Waals surface area contributed by atoms with Crippen LogP contribution in [0.3, 0.4) is 0 Å². The number of nitrogens with zero attached hydrogens (tertiary/aromatic N) is 2. The number of benzene rings is 1. The summed E-state index contributed by atoms with van der Waals surface area (Å²) in [4.78, 5) is 0. The van der Waals surface area contributed by atoms with E-state index in [-0.39, 0.29) is 0 Å². The largest absolute Gasteiger partial charge is 0.411 e. The molecule has 1 atom stereocenters. The second kappa shape index (κ2) is 5.12. The molecule has 1 aromatic carbocycles. The maximum atomic E-state index is 5.66. The Morgan fingerprint density at radius 1 is 1.22 bits per heavy atom. The minimum Gasteiger partial charge on any atom is -0.411 e. The van der Waals surface area contributed by atoms with Crippen LogP contribution in [0.5, 0.6) is 0 Å². The molecule has 0 amide bonds. The van der Waals surface area contributed by atoms with Gasteiger partial charge in [-0.3, -0.25) is 0 Å². The fourth-order valence-electron chi connectivity index (χ4n) is 1.82. The highest BCUT2D eigenvalue weighted by Gasteiger charge is 2.20. The highest BCUT2D eigenvalue weighted by molar-refractivity contribution is 7.99. The number of hydrogen-bond donors (Lipinski definition) is 0. The number of aryl methyl sites for hydroxylation is 1. The van der Waals surface area contributed by atoms with Gasteiger partial charge in [-0.15, -0.1) is 10.2 Å². The van der Waals surface area contributed by atoms with E-state index < -0.39 is 0 Å². The van der Waals surface area contributed by atoms with Crippen molar-refractivity contribution in [2.75, 3.05) is 13.2 Å². The molecule has 1 aliphatic rings. The van der Waals surface area contributed by atoms with Crippen LogP contribution in [0.1, 0.15) is 12.0 Å². The molecule has 1 aliphatic heterocycles. The molecule has 2 aromatic rings. The van der Waals surface area contributed by atoms with Gasteiger partial charge in [0.2, 0.25) is 5.89 Å². The monoisotopic (exact) mass is 262 g/mol. The van der Waals surface area contributed by atoms with E-state index in [0.29, 0.717) is 16.4 Å². The molecule has 2 heterocycles. The van der Waals surface area contributed by atoms with Crippen LogP contribution in [0.15, 0.2) is 33.9 Å². The van der Waals surface area contributed by atoms with Crippen LogP contribution < -0.4 is 0 Å². The Morgan fingerprint density at radius 2 is 2.06 bits per heavy atom. The Bertz CT molecular complexity index is 518. The van der Waals surface area contributed by atoms with Crippen LogP contribution in [-0.4, -0.2) is 28.7 Å². The lowest BCUT2D eigenvalue weighted by Crippen LogP contribution is -1.99. The normalized spacial score (nSPS) is 19.3. The molecule has 0 radical (unpaired) electrons. The van der Waals surface area contributed by atoms with Crippen molar-refractivity contribution in [2.24, 2.45) is 0 Å². The lowest BCUT2D eigenvalue weighted by atomic mass is 10.1. The van der Waals surface area contributed by atoms with Crippen molar-refractivity contribution in [3.8, 4) is 11.5 Å². The van der Waals surface area contributed by atoms with Gasteiger partial charge >= 0.3 is 0 Å². The number of rotatable bonds is 3. The lowest BCUT2D eigenvalue weighted by Gasteiger charge is -2.01. The molecule has 1 aromatic heterocycles. The molecule has 4 nitrogen and oxygen atoms in total. The van der Waals surface area contributed by atoms with Crippen LogP contribution in [0.4, 0.5) is 0 Å². The molecule has 1 fully saturated rings. The molecule has 0 saturated carbocycles. The van der Waals surface area contributed by atoms with Crippen molar-refractivity contribution >= 4 is 11.8 Å². The van der Waals surface area contributed by atoms with E-state index in [9.17, 15) is 0 Å². The Balaban J connectivity index is 1.74. The van der Waals surface area contributed by atoms with E-state index >= 15 is 0 Å². The van der Waals surface area contributed by atoms with Crippen LogP contribution in [0.2, 0.25) is 0 Å². The van der Waals surface area contributed by atoms with Crippen LogP contribution in [0.25, 0.3) is 11.5 Å². The van der Waals surface area contributed by atoms with E-state index in [0.717, 1.165) is 25.2 Å². The number of aromatic nitrogens is 2. The molecule has 0 aliphatic carbocycles. The quantitative estimate of drug-likeness (QED) is 0.851. The number of thioether (sulfide) groups is 1. The smallest absolute Gasteiger partial charge is 0.277 e. The molecule has 0 bridgehead atoms. The summed E-state index contributed by atoms with van der Waals surface area (Å²) < 4.78 is 11.0. The van der Waals surface area contributed by atoms with Gasteiger partial charge in [0.05, 0.1) is 6.61 Å². The predicted molar refractivity (Wildman–Crippen MR) is 69.6 cm³/mol. The summed E-state index contributed by atoms with van der Waals surface area (Å²) in [5.74, 6) is 0.580. The van der Waals surface area contributed by atoms with Gasteiger partial charge in [-0.2, -0.15) is 0 Å². The Morgan fingerprint density at radius 3 is 2.78 bits per heavy atom. The van der Waals surface area contributed by atoms with Gasteiger partial charge < -0.3 is 9.15 Å². The summed E-state index contributed by atoms with van der Waals surface area (Å²) in [6.45, 7) is 3.66. The first kappa shape index (κ1) is 11.7. The third kappa shape index (κ3) is 2.57. The zero-order chi connectivity index (χ0) is 12.4. The fraction of sp³-hybridized carbons (Fsp3) is 0.385. The summed E-state index contributed by atoms with van der Waals surface area (Å²) in [6, 6.07) is 8.07. The second-order valence-electron chi connectivity index (χ2n) is 4.34. The van der Waals surface area contributed by atoms with Crippen molar-refractivity contribution in [1.29, 1.82) is 0 Å². The highest BCUT2D eigenvalue weighted by atomic mass is 32.2. The van der Waals surface area contributed by atoms with E-state index in [1.54, 1.807) is 11.8 Å². The highest BCUT2D eigenvalue weighted by Crippen LogP contribution is 2.29. The Labute approximate surface area is 110 Å². The molecule has 1 saturated heterocycles. The number of ether oxygens (including phenoxy) is 1. The molecular formula is C13H14N2O2S. The van der Waals surface area contributed by atoms with Crippen molar-refractivity contribution in [3.05, 3.63) is 29.8 Å². The summed E-state index contributed by atoms with van der Waals surface area (Å²) >= 11 is 1.60. The minimum atomic E-state index is 0.441. The third-order valence-corrected chi connectivity index (χ3v) is 3.93. The summed E-state index contributed by atoms with van der Waals surface area (Å²) in [5.41, 5.74) is 2.18. The standard InChI is InChI=1S/C13H14N2O2S/c1-9-2-4-10(5-3-9)12-14-15-13(17-12)18-11-6-7-16-8-11/h2-5,11H,6-8H2,1H3. The van der Waals surface area contributed by atoms with E-state index in [2.05, 4.69) is 17.1 Å². The predicted octanol–water partition coefficient (Wildman–Crippen LogP) is 2.93. The number of hydrogen-bond acceptors (Lipinski definition) is 5. The third-order valence-electron chi connectivity index (χ3n) is 2.86. The van der Waals surface area contributed by atoms with Gasteiger partial charge in [0, 0.05) is 17.4 Å². The lowest BCUT2D eigenvalue weighted by molar-refractivity contribution is 0.199. The molecule has 18 heavy (non-hydrogen) atoms. The summed E-state index contributed by atoms with van der Waals surface area (Å²) in [6.07, 6.45) is 1.05.